The molecular weight excluding hydrogens is 200 g/mol. The highest BCUT2D eigenvalue weighted by atomic mass is 15.3. The zero-order chi connectivity index (χ0) is 11.1. The maximum absolute atomic E-state index is 4.32. The molecule has 0 bridgehead atoms. The van der Waals surface area contributed by atoms with Crippen LogP contribution in [0.25, 0.3) is 0 Å². The molecule has 3 atom stereocenters. The lowest BCUT2D eigenvalue weighted by atomic mass is 9.92. The Bertz CT molecular complexity index is 363. The molecule has 1 aromatic rings. The largest absolute Gasteiger partial charge is 0.316 e. The number of rotatable bonds is 4. The molecule has 2 fully saturated rings. The van der Waals surface area contributed by atoms with Gasteiger partial charge in [0.15, 0.2) is 0 Å². The van der Waals surface area contributed by atoms with E-state index in [2.05, 4.69) is 22.4 Å². The van der Waals surface area contributed by atoms with E-state index in [4.69, 9.17) is 0 Å². The predicted octanol–water partition coefficient (Wildman–Crippen LogP) is 0.992. The molecule has 3 unspecified atom stereocenters. The summed E-state index contributed by atoms with van der Waals surface area (Å²) in [7, 11) is 4.05. The third-order valence-electron chi connectivity index (χ3n) is 4.43. The van der Waals surface area contributed by atoms with Gasteiger partial charge in [-0.3, -0.25) is 4.68 Å². The van der Waals surface area contributed by atoms with E-state index in [9.17, 15) is 0 Å². The number of nitrogens with one attached hydrogen (secondary N) is 1. The van der Waals surface area contributed by atoms with E-state index in [0.29, 0.717) is 6.04 Å². The number of aryl methyl sites for hydroxylation is 1. The van der Waals surface area contributed by atoms with Crippen molar-refractivity contribution in [2.45, 2.75) is 31.7 Å². The number of aromatic nitrogens is 3. The second kappa shape index (κ2) is 3.84. The molecule has 4 heteroatoms. The van der Waals surface area contributed by atoms with Crippen LogP contribution in [-0.2, 0) is 13.5 Å². The summed E-state index contributed by atoms with van der Waals surface area (Å²) in [5.41, 5.74) is 0. The molecule has 2 saturated carbocycles. The minimum Gasteiger partial charge on any atom is -0.316 e. The van der Waals surface area contributed by atoms with Gasteiger partial charge in [0.05, 0.1) is 0 Å². The van der Waals surface area contributed by atoms with Crippen molar-refractivity contribution < 1.29 is 0 Å². The van der Waals surface area contributed by atoms with Crippen LogP contribution in [0.5, 0.6) is 0 Å². The molecule has 16 heavy (non-hydrogen) atoms. The molecule has 0 saturated heterocycles. The van der Waals surface area contributed by atoms with E-state index in [1.165, 1.54) is 19.3 Å². The molecule has 4 nitrogen and oxygen atoms in total. The second-order valence-corrected chi connectivity index (χ2v) is 5.39. The molecule has 3 rings (SSSR count). The van der Waals surface area contributed by atoms with Crippen LogP contribution in [-0.4, -0.2) is 27.9 Å². The van der Waals surface area contributed by atoms with Crippen LogP contribution in [0, 0.1) is 17.8 Å². The van der Waals surface area contributed by atoms with Gasteiger partial charge in [-0.05, 0) is 44.1 Å². The summed E-state index contributed by atoms with van der Waals surface area (Å²) in [5.74, 6) is 4.06. The lowest BCUT2D eigenvalue weighted by Crippen LogP contribution is -2.35. The average Bonchev–Trinajstić information content (AvgIpc) is 2.71. The fourth-order valence-corrected chi connectivity index (χ4v) is 3.30. The molecule has 0 radical (unpaired) electrons. The first kappa shape index (κ1) is 10.3. The van der Waals surface area contributed by atoms with Gasteiger partial charge in [0.25, 0.3) is 0 Å². The van der Waals surface area contributed by atoms with Crippen molar-refractivity contribution in [3.05, 3.63) is 12.2 Å². The van der Waals surface area contributed by atoms with Gasteiger partial charge in [-0.1, -0.05) is 0 Å². The van der Waals surface area contributed by atoms with Crippen molar-refractivity contribution in [3.63, 3.8) is 0 Å². The van der Waals surface area contributed by atoms with Gasteiger partial charge in [-0.15, -0.1) is 0 Å². The highest BCUT2D eigenvalue weighted by Gasteiger charge is 2.47. The summed E-state index contributed by atoms with van der Waals surface area (Å²) in [4.78, 5) is 4.32. The fraction of sp³-hybridized carbons (Fsp3) is 0.833. The van der Waals surface area contributed by atoms with Crippen molar-refractivity contribution in [3.8, 4) is 0 Å². The Hall–Kier alpha value is -0.900. The van der Waals surface area contributed by atoms with Crippen LogP contribution in [0.1, 0.15) is 25.1 Å². The summed E-state index contributed by atoms with van der Waals surface area (Å²) in [6, 6.07) is 0.579. The van der Waals surface area contributed by atoms with Gasteiger partial charge < -0.3 is 5.32 Å². The SMILES string of the molecule is CNC(Cc1ncnn1C)C1CC2CC2C1. The van der Waals surface area contributed by atoms with Crippen molar-refractivity contribution in [2.75, 3.05) is 7.05 Å². The van der Waals surface area contributed by atoms with Crippen molar-refractivity contribution in [1.29, 1.82) is 0 Å². The summed E-state index contributed by atoms with van der Waals surface area (Å²) in [6.45, 7) is 0. The van der Waals surface area contributed by atoms with E-state index in [-0.39, 0.29) is 0 Å². The Morgan fingerprint density at radius 2 is 2.19 bits per heavy atom. The molecule has 2 aliphatic carbocycles. The first-order valence-corrected chi connectivity index (χ1v) is 6.28. The van der Waals surface area contributed by atoms with Gasteiger partial charge in [0, 0.05) is 19.5 Å². The average molecular weight is 220 g/mol. The third-order valence-corrected chi connectivity index (χ3v) is 4.43. The van der Waals surface area contributed by atoms with E-state index < -0.39 is 0 Å². The highest BCUT2D eigenvalue weighted by molar-refractivity contribution is 5.01. The zero-order valence-electron chi connectivity index (χ0n) is 10.1. The van der Waals surface area contributed by atoms with Gasteiger partial charge in [0.2, 0.25) is 0 Å². The molecule has 1 aromatic heterocycles. The highest BCUT2D eigenvalue weighted by Crippen LogP contribution is 2.55. The minimum absolute atomic E-state index is 0.579. The lowest BCUT2D eigenvalue weighted by Gasteiger charge is -2.23. The summed E-state index contributed by atoms with van der Waals surface area (Å²) >= 11 is 0. The molecule has 0 aromatic carbocycles. The fourth-order valence-electron chi connectivity index (χ4n) is 3.30. The number of fused-ring (bicyclic) bond motifs is 1. The number of nitrogens with zero attached hydrogens (tertiary/aromatic N) is 3. The monoisotopic (exact) mass is 220 g/mol. The lowest BCUT2D eigenvalue weighted by molar-refractivity contribution is 0.342. The van der Waals surface area contributed by atoms with Crippen LogP contribution in [0.15, 0.2) is 6.33 Å². The molecular formula is C12H20N4. The molecule has 0 spiro atoms. The van der Waals surface area contributed by atoms with E-state index >= 15 is 0 Å². The Morgan fingerprint density at radius 3 is 2.75 bits per heavy atom. The summed E-state index contributed by atoms with van der Waals surface area (Å²) < 4.78 is 1.89. The molecule has 1 N–H and O–H groups in total. The van der Waals surface area contributed by atoms with E-state index in [1.807, 2.05) is 11.7 Å². The topological polar surface area (TPSA) is 42.7 Å². The normalized spacial score (nSPS) is 33.8. The Morgan fingerprint density at radius 1 is 1.44 bits per heavy atom. The minimum atomic E-state index is 0.579. The van der Waals surface area contributed by atoms with Crippen LogP contribution in [0.2, 0.25) is 0 Å². The molecule has 0 aliphatic heterocycles. The Labute approximate surface area is 96.4 Å². The zero-order valence-corrected chi connectivity index (χ0v) is 10.1. The van der Waals surface area contributed by atoms with Crippen LogP contribution < -0.4 is 5.32 Å². The van der Waals surface area contributed by atoms with Gasteiger partial charge in [0.1, 0.15) is 12.2 Å². The van der Waals surface area contributed by atoms with Crippen LogP contribution >= 0.6 is 0 Å². The second-order valence-electron chi connectivity index (χ2n) is 5.39. The quantitative estimate of drug-likeness (QED) is 0.823. The van der Waals surface area contributed by atoms with Gasteiger partial charge >= 0.3 is 0 Å². The summed E-state index contributed by atoms with van der Waals surface area (Å²) in [5, 5.41) is 7.60. The first-order valence-electron chi connectivity index (χ1n) is 6.28. The van der Waals surface area contributed by atoms with Crippen molar-refractivity contribution in [2.24, 2.45) is 24.8 Å². The molecule has 2 aliphatic rings. The number of hydrogen-bond acceptors (Lipinski definition) is 3. The third kappa shape index (κ3) is 1.75. The van der Waals surface area contributed by atoms with Gasteiger partial charge in [-0.25, -0.2) is 4.98 Å². The smallest absolute Gasteiger partial charge is 0.138 e. The standard InChI is InChI=1S/C12H20N4/c1-13-11(6-12-14-7-15-16(12)2)10-4-8-3-9(8)5-10/h7-11,13H,3-6H2,1-2H3. The van der Waals surface area contributed by atoms with Crippen LogP contribution in [0.3, 0.4) is 0 Å². The first-order chi connectivity index (χ1) is 7.78. The Balaban J connectivity index is 1.65. The maximum atomic E-state index is 4.32. The van der Waals surface area contributed by atoms with Crippen molar-refractivity contribution in [1.82, 2.24) is 20.1 Å². The van der Waals surface area contributed by atoms with Crippen LogP contribution in [0.4, 0.5) is 0 Å². The van der Waals surface area contributed by atoms with E-state index in [0.717, 1.165) is 30.0 Å². The van der Waals surface area contributed by atoms with E-state index in [1.54, 1.807) is 6.33 Å². The molecule has 1 heterocycles. The summed E-state index contributed by atoms with van der Waals surface area (Å²) in [6.07, 6.45) is 7.00. The maximum Gasteiger partial charge on any atom is 0.138 e. The predicted molar refractivity (Wildman–Crippen MR) is 61.9 cm³/mol. The van der Waals surface area contributed by atoms with Gasteiger partial charge in [-0.2, -0.15) is 5.10 Å². The number of likely N-dealkylation sites (N-methyl/N-ethyl adjacent to an activating group) is 1. The number of hydrogen-bond donors (Lipinski definition) is 1. The molecule has 88 valence electrons. The molecule has 0 amide bonds. The Kier molecular flexibility index (Phi) is 2.46. The van der Waals surface area contributed by atoms with Crippen molar-refractivity contribution >= 4 is 0 Å².